The van der Waals surface area contributed by atoms with E-state index in [2.05, 4.69) is 17.3 Å². The number of likely N-dealkylation sites (tertiary alicyclic amines) is 1. The molecular weight excluding hydrogens is 408 g/mol. The third kappa shape index (κ3) is 4.85. The van der Waals surface area contributed by atoms with Crippen LogP contribution >= 0.6 is 0 Å². The largest absolute Gasteiger partial charge is 0.486 e. The number of hydrogen-bond acceptors (Lipinski definition) is 5. The van der Waals surface area contributed by atoms with E-state index in [1.54, 1.807) is 19.2 Å². The van der Waals surface area contributed by atoms with E-state index in [0.29, 0.717) is 17.1 Å². The molecule has 0 unspecified atom stereocenters. The summed E-state index contributed by atoms with van der Waals surface area (Å²) in [6.07, 6.45) is 5.57. The number of hydrogen-bond donors (Lipinski definition) is 1. The Morgan fingerprint density at radius 3 is 2.56 bits per heavy atom. The standard InChI is InChI=1S/C24H28N4O4/c1-3-17-7-9-18(10-8-17)31-16-19-11-12-21(32-19)23(29)26-20-15-25-27(2)22(20)24(30)28-13-5-4-6-14-28/h7-12,15H,3-6,13-14,16H2,1-2H3,(H,26,29). The van der Waals surface area contributed by atoms with E-state index >= 15 is 0 Å². The van der Waals surface area contributed by atoms with E-state index in [1.807, 2.05) is 29.2 Å². The van der Waals surface area contributed by atoms with Gasteiger partial charge in [0.2, 0.25) is 0 Å². The number of rotatable bonds is 7. The van der Waals surface area contributed by atoms with Crippen LogP contribution in [0.3, 0.4) is 0 Å². The van der Waals surface area contributed by atoms with Crippen molar-refractivity contribution in [1.82, 2.24) is 14.7 Å². The second-order valence-corrected chi connectivity index (χ2v) is 7.89. The zero-order valence-electron chi connectivity index (χ0n) is 18.5. The highest BCUT2D eigenvalue weighted by atomic mass is 16.5. The van der Waals surface area contributed by atoms with Gasteiger partial charge in [-0.05, 0) is 55.5 Å². The minimum absolute atomic E-state index is 0.123. The first-order valence-electron chi connectivity index (χ1n) is 11.0. The Balaban J connectivity index is 1.39. The quantitative estimate of drug-likeness (QED) is 0.604. The number of nitrogens with one attached hydrogen (secondary N) is 1. The lowest BCUT2D eigenvalue weighted by molar-refractivity contribution is 0.0714. The average molecular weight is 437 g/mol. The lowest BCUT2D eigenvalue weighted by Gasteiger charge is -2.27. The molecule has 0 spiro atoms. The summed E-state index contributed by atoms with van der Waals surface area (Å²) in [6, 6.07) is 11.2. The number of furan rings is 1. The Labute approximate surface area is 187 Å². The third-order valence-electron chi connectivity index (χ3n) is 5.63. The number of aryl methyl sites for hydroxylation is 2. The van der Waals surface area contributed by atoms with Crippen molar-refractivity contribution in [2.24, 2.45) is 7.05 Å². The Morgan fingerprint density at radius 2 is 1.84 bits per heavy atom. The van der Waals surface area contributed by atoms with Gasteiger partial charge in [-0.1, -0.05) is 19.1 Å². The van der Waals surface area contributed by atoms with Crippen LogP contribution in [-0.4, -0.2) is 39.6 Å². The van der Waals surface area contributed by atoms with Gasteiger partial charge in [-0.15, -0.1) is 0 Å². The molecule has 0 atom stereocenters. The van der Waals surface area contributed by atoms with Crippen molar-refractivity contribution in [3.8, 4) is 5.75 Å². The van der Waals surface area contributed by atoms with Crippen LogP contribution < -0.4 is 10.1 Å². The number of ether oxygens (including phenoxy) is 1. The first kappa shape index (κ1) is 21.7. The fraction of sp³-hybridized carbons (Fsp3) is 0.375. The highest BCUT2D eigenvalue weighted by Gasteiger charge is 2.25. The molecule has 8 nitrogen and oxygen atoms in total. The summed E-state index contributed by atoms with van der Waals surface area (Å²) < 4.78 is 12.9. The van der Waals surface area contributed by atoms with Crippen LogP contribution in [0.1, 0.15) is 58.6 Å². The van der Waals surface area contributed by atoms with E-state index in [9.17, 15) is 9.59 Å². The third-order valence-corrected chi connectivity index (χ3v) is 5.63. The number of amides is 2. The Kier molecular flexibility index (Phi) is 6.58. The van der Waals surface area contributed by atoms with Gasteiger partial charge in [0, 0.05) is 20.1 Å². The molecule has 1 aliphatic heterocycles. The van der Waals surface area contributed by atoms with Crippen LogP contribution in [-0.2, 0) is 20.1 Å². The van der Waals surface area contributed by atoms with E-state index in [0.717, 1.165) is 44.5 Å². The fourth-order valence-electron chi connectivity index (χ4n) is 3.77. The number of nitrogens with zero attached hydrogens (tertiary/aromatic N) is 3. The molecule has 3 heterocycles. The maximum Gasteiger partial charge on any atom is 0.291 e. The maximum atomic E-state index is 13.0. The second-order valence-electron chi connectivity index (χ2n) is 7.89. The Bertz CT molecular complexity index is 1080. The molecule has 1 fully saturated rings. The van der Waals surface area contributed by atoms with Gasteiger partial charge in [-0.25, -0.2) is 0 Å². The number of carbonyl (C=O) groups excluding carboxylic acids is 2. The van der Waals surface area contributed by atoms with E-state index < -0.39 is 5.91 Å². The maximum absolute atomic E-state index is 13.0. The van der Waals surface area contributed by atoms with Crippen LogP contribution in [0.4, 0.5) is 5.69 Å². The van der Waals surface area contributed by atoms with Gasteiger partial charge in [0.15, 0.2) is 5.76 Å². The van der Waals surface area contributed by atoms with Crippen LogP contribution in [0, 0.1) is 0 Å². The molecule has 4 rings (SSSR count). The topological polar surface area (TPSA) is 89.6 Å². The first-order chi connectivity index (χ1) is 15.5. The number of benzene rings is 1. The summed E-state index contributed by atoms with van der Waals surface area (Å²) in [5.74, 6) is 0.850. The van der Waals surface area contributed by atoms with Crippen LogP contribution in [0.5, 0.6) is 5.75 Å². The lowest BCUT2D eigenvalue weighted by Crippen LogP contribution is -2.37. The van der Waals surface area contributed by atoms with Crippen molar-refractivity contribution in [2.45, 2.75) is 39.2 Å². The molecule has 1 N–H and O–H groups in total. The minimum Gasteiger partial charge on any atom is -0.486 e. The van der Waals surface area contributed by atoms with E-state index in [1.165, 1.54) is 16.4 Å². The van der Waals surface area contributed by atoms with Crippen molar-refractivity contribution in [2.75, 3.05) is 18.4 Å². The molecule has 2 amide bonds. The predicted molar refractivity (Wildman–Crippen MR) is 120 cm³/mol. The fourth-order valence-corrected chi connectivity index (χ4v) is 3.77. The molecule has 1 aliphatic rings. The van der Waals surface area contributed by atoms with Gasteiger partial charge >= 0.3 is 0 Å². The van der Waals surface area contributed by atoms with Crippen LogP contribution in [0.15, 0.2) is 47.0 Å². The van der Waals surface area contributed by atoms with Crippen molar-refractivity contribution in [3.05, 3.63) is 65.4 Å². The number of piperidine rings is 1. The van der Waals surface area contributed by atoms with Crippen LogP contribution in [0.2, 0.25) is 0 Å². The second kappa shape index (κ2) is 9.72. The van der Waals surface area contributed by atoms with Crippen molar-refractivity contribution in [3.63, 3.8) is 0 Å². The van der Waals surface area contributed by atoms with Crippen molar-refractivity contribution >= 4 is 17.5 Å². The number of aromatic nitrogens is 2. The molecule has 0 aliphatic carbocycles. The van der Waals surface area contributed by atoms with E-state index in [4.69, 9.17) is 9.15 Å². The van der Waals surface area contributed by atoms with Gasteiger partial charge in [-0.3, -0.25) is 14.3 Å². The molecule has 0 bridgehead atoms. The monoisotopic (exact) mass is 436 g/mol. The normalized spacial score (nSPS) is 13.8. The highest BCUT2D eigenvalue weighted by molar-refractivity contribution is 6.07. The molecule has 0 radical (unpaired) electrons. The zero-order chi connectivity index (χ0) is 22.5. The zero-order valence-corrected chi connectivity index (χ0v) is 18.5. The minimum atomic E-state index is -0.441. The smallest absolute Gasteiger partial charge is 0.291 e. The summed E-state index contributed by atoms with van der Waals surface area (Å²) in [7, 11) is 1.70. The molecule has 168 valence electrons. The molecule has 1 saturated heterocycles. The Morgan fingerprint density at radius 1 is 1.09 bits per heavy atom. The molecule has 8 heteroatoms. The first-order valence-corrected chi connectivity index (χ1v) is 11.0. The average Bonchev–Trinajstić information content (AvgIpc) is 3.45. The van der Waals surface area contributed by atoms with Gasteiger partial charge < -0.3 is 19.4 Å². The highest BCUT2D eigenvalue weighted by Crippen LogP contribution is 2.21. The van der Waals surface area contributed by atoms with Gasteiger partial charge in [-0.2, -0.15) is 5.10 Å². The van der Waals surface area contributed by atoms with Gasteiger partial charge in [0.1, 0.15) is 23.8 Å². The molecule has 0 saturated carbocycles. The van der Waals surface area contributed by atoms with Crippen molar-refractivity contribution in [1.29, 1.82) is 0 Å². The summed E-state index contributed by atoms with van der Waals surface area (Å²) in [6.45, 7) is 3.76. The molecule has 32 heavy (non-hydrogen) atoms. The summed E-state index contributed by atoms with van der Waals surface area (Å²) in [5.41, 5.74) is 1.98. The Hall–Kier alpha value is -3.55. The SMILES string of the molecule is CCc1ccc(OCc2ccc(C(=O)Nc3cnn(C)c3C(=O)N3CCCCC3)o2)cc1. The predicted octanol–water partition coefficient (Wildman–Crippen LogP) is 4.03. The van der Waals surface area contributed by atoms with Gasteiger partial charge in [0.05, 0.1) is 11.9 Å². The molecule has 1 aromatic carbocycles. The lowest BCUT2D eigenvalue weighted by atomic mass is 10.1. The van der Waals surface area contributed by atoms with Crippen molar-refractivity contribution < 1.29 is 18.7 Å². The summed E-state index contributed by atoms with van der Waals surface area (Å²) in [4.78, 5) is 27.5. The molecule has 2 aromatic heterocycles. The van der Waals surface area contributed by atoms with Gasteiger partial charge in [0.25, 0.3) is 11.8 Å². The number of anilines is 1. The molecular formula is C24H28N4O4. The number of carbonyl (C=O) groups is 2. The summed E-state index contributed by atoms with van der Waals surface area (Å²) >= 11 is 0. The summed E-state index contributed by atoms with van der Waals surface area (Å²) in [5, 5.41) is 6.93. The van der Waals surface area contributed by atoms with Crippen LogP contribution in [0.25, 0.3) is 0 Å². The molecule has 3 aromatic rings. The van der Waals surface area contributed by atoms with E-state index in [-0.39, 0.29) is 18.3 Å².